The summed E-state index contributed by atoms with van der Waals surface area (Å²) >= 11 is 5.96. The van der Waals surface area contributed by atoms with Crippen LogP contribution in [0.15, 0.2) is 46.1 Å². The van der Waals surface area contributed by atoms with Crippen LogP contribution >= 0.6 is 45.8 Å². The van der Waals surface area contributed by atoms with E-state index in [0.29, 0.717) is 35.3 Å². The van der Waals surface area contributed by atoms with E-state index in [1.807, 2.05) is 40.6 Å². The van der Waals surface area contributed by atoms with E-state index in [1.54, 1.807) is 17.4 Å². The minimum absolute atomic E-state index is 0.0995. The lowest BCUT2D eigenvalue weighted by Gasteiger charge is -2.25. The molecule has 1 aliphatic rings. The van der Waals surface area contributed by atoms with Gasteiger partial charge in [-0.3, -0.25) is 14.9 Å². The molecule has 5 rings (SSSR count). The fourth-order valence-corrected chi connectivity index (χ4v) is 6.76. The van der Waals surface area contributed by atoms with Crippen LogP contribution in [0.1, 0.15) is 20.2 Å². The zero-order valence-corrected chi connectivity index (χ0v) is 18.9. The zero-order valence-electron chi connectivity index (χ0n) is 15.7. The van der Waals surface area contributed by atoms with Crippen LogP contribution < -0.4 is 5.32 Å². The molecular formula is C20H16N4O2S4. The Balaban J connectivity index is 1.20. The number of aromatic nitrogens is 2. The molecule has 0 atom stereocenters. The largest absolute Gasteiger partial charge is 0.336 e. The van der Waals surface area contributed by atoms with E-state index in [4.69, 9.17) is 0 Å². The highest BCUT2D eigenvalue weighted by Crippen LogP contribution is 2.31. The maximum atomic E-state index is 12.7. The van der Waals surface area contributed by atoms with Gasteiger partial charge in [-0.05, 0) is 23.6 Å². The summed E-state index contributed by atoms with van der Waals surface area (Å²) in [6.45, 7) is 1.19. The first-order chi connectivity index (χ1) is 14.7. The second-order valence-electron chi connectivity index (χ2n) is 6.62. The molecule has 0 radical (unpaired) electrons. The lowest BCUT2D eigenvalue weighted by Crippen LogP contribution is -2.36. The van der Waals surface area contributed by atoms with Crippen LogP contribution in [0.25, 0.3) is 10.2 Å². The molecule has 1 N–H and O–H groups in total. The van der Waals surface area contributed by atoms with E-state index < -0.39 is 0 Å². The van der Waals surface area contributed by atoms with Crippen molar-refractivity contribution in [2.75, 3.05) is 17.6 Å². The molecule has 0 bridgehead atoms. The van der Waals surface area contributed by atoms with Gasteiger partial charge >= 0.3 is 0 Å². The smallest absolute Gasteiger partial charge is 0.267 e. The van der Waals surface area contributed by atoms with E-state index in [2.05, 4.69) is 15.3 Å². The molecule has 2 amide bonds. The molecule has 30 heavy (non-hydrogen) atoms. The normalized spacial score (nSPS) is 13.4. The number of fused-ring (bicyclic) bond motifs is 2. The molecule has 0 unspecified atom stereocenters. The molecule has 0 saturated carbocycles. The molecule has 4 aromatic rings. The minimum atomic E-state index is -0.142. The van der Waals surface area contributed by atoms with Gasteiger partial charge in [-0.2, -0.15) is 0 Å². The number of thiophene rings is 1. The van der Waals surface area contributed by atoms with Crippen molar-refractivity contribution in [1.82, 2.24) is 14.9 Å². The molecule has 0 saturated heterocycles. The van der Waals surface area contributed by atoms with Gasteiger partial charge in [0.15, 0.2) is 9.47 Å². The number of carbonyl (C=O) groups excluding carboxylic acids is 2. The van der Waals surface area contributed by atoms with Crippen molar-refractivity contribution in [3.63, 3.8) is 0 Å². The van der Waals surface area contributed by atoms with Gasteiger partial charge in [0.2, 0.25) is 5.91 Å². The van der Waals surface area contributed by atoms with Crippen LogP contribution in [0, 0.1) is 0 Å². The number of rotatable bonds is 5. The first-order valence-corrected chi connectivity index (χ1v) is 12.7. The Morgan fingerprint density at radius 3 is 2.87 bits per heavy atom. The van der Waals surface area contributed by atoms with Crippen LogP contribution in [0.2, 0.25) is 0 Å². The first-order valence-electron chi connectivity index (χ1n) is 9.25. The number of thioether (sulfide) groups is 1. The molecule has 4 heterocycles. The summed E-state index contributed by atoms with van der Waals surface area (Å²) in [5, 5.41) is 5.34. The summed E-state index contributed by atoms with van der Waals surface area (Å²) in [7, 11) is 0. The van der Waals surface area contributed by atoms with E-state index in [9.17, 15) is 9.59 Å². The minimum Gasteiger partial charge on any atom is -0.336 e. The standard InChI is InChI=1S/C20H16N4O2S4/c25-17(11-28-20-22-12-4-1-2-5-14(12)30-20)24-8-7-13-16(10-24)29-19(21-13)23-18(26)15-6-3-9-27-15/h1-6,9H,7-8,10-11H2,(H,21,23,26). The summed E-state index contributed by atoms with van der Waals surface area (Å²) < 4.78 is 2.05. The quantitative estimate of drug-likeness (QED) is 0.425. The number of hydrogen-bond acceptors (Lipinski definition) is 8. The summed E-state index contributed by atoms with van der Waals surface area (Å²) in [5.41, 5.74) is 1.95. The number of carbonyl (C=O) groups is 2. The average molecular weight is 473 g/mol. The number of nitrogens with zero attached hydrogens (tertiary/aromatic N) is 3. The van der Waals surface area contributed by atoms with Gasteiger partial charge in [0.25, 0.3) is 5.91 Å². The highest BCUT2D eigenvalue weighted by molar-refractivity contribution is 8.01. The fraction of sp³-hybridized carbons (Fsp3) is 0.200. The van der Waals surface area contributed by atoms with Gasteiger partial charge < -0.3 is 4.90 Å². The Kier molecular flexibility index (Phi) is 5.55. The third-order valence-electron chi connectivity index (χ3n) is 4.64. The topological polar surface area (TPSA) is 75.2 Å². The molecule has 3 aromatic heterocycles. The number of thiazole rings is 2. The molecule has 1 aliphatic heterocycles. The van der Waals surface area contributed by atoms with Crippen molar-refractivity contribution in [1.29, 1.82) is 0 Å². The molecule has 0 spiro atoms. The maximum absolute atomic E-state index is 12.7. The van der Waals surface area contributed by atoms with Crippen molar-refractivity contribution >= 4 is 72.9 Å². The predicted octanol–water partition coefficient (Wildman–Crippen LogP) is 4.74. The van der Waals surface area contributed by atoms with Crippen molar-refractivity contribution < 1.29 is 9.59 Å². The fourth-order valence-electron chi connectivity index (χ4n) is 3.16. The second kappa shape index (κ2) is 8.46. The van der Waals surface area contributed by atoms with E-state index in [1.165, 1.54) is 34.4 Å². The Hall–Kier alpha value is -2.27. The van der Waals surface area contributed by atoms with Crippen molar-refractivity contribution in [3.05, 3.63) is 57.2 Å². The van der Waals surface area contributed by atoms with E-state index >= 15 is 0 Å². The summed E-state index contributed by atoms with van der Waals surface area (Å²) in [4.78, 5) is 37.7. The van der Waals surface area contributed by atoms with Crippen LogP contribution in [-0.2, 0) is 17.8 Å². The first kappa shape index (κ1) is 19.7. The Labute approximate surface area is 189 Å². The number of benzene rings is 1. The van der Waals surface area contributed by atoms with Crippen LogP contribution in [0.4, 0.5) is 5.13 Å². The van der Waals surface area contributed by atoms with Crippen molar-refractivity contribution in [2.24, 2.45) is 0 Å². The lowest BCUT2D eigenvalue weighted by atomic mass is 10.2. The highest BCUT2D eigenvalue weighted by Gasteiger charge is 2.25. The van der Waals surface area contributed by atoms with E-state index in [0.717, 1.165) is 25.1 Å². The van der Waals surface area contributed by atoms with Crippen LogP contribution in [0.3, 0.4) is 0 Å². The van der Waals surface area contributed by atoms with Gasteiger partial charge in [-0.15, -0.1) is 22.7 Å². The molecule has 152 valence electrons. The summed E-state index contributed by atoms with van der Waals surface area (Å²) in [6.07, 6.45) is 0.707. The molecular weight excluding hydrogens is 457 g/mol. The third kappa shape index (κ3) is 4.13. The SMILES string of the molecule is O=C(Nc1nc2c(s1)CN(C(=O)CSc1nc3ccccc3s1)CC2)c1cccs1. The Morgan fingerprint density at radius 1 is 1.13 bits per heavy atom. The number of hydrogen-bond donors (Lipinski definition) is 1. The Morgan fingerprint density at radius 2 is 2.03 bits per heavy atom. The number of para-hydroxylation sites is 1. The van der Waals surface area contributed by atoms with Gasteiger partial charge in [-0.1, -0.05) is 41.3 Å². The average Bonchev–Trinajstić information content (AvgIpc) is 3.49. The third-order valence-corrected chi connectivity index (χ3v) is 8.67. The van der Waals surface area contributed by atoms with Gasteiger partial charge in [0, 0.05) is 17.8 Å². The molecule has 10 heteroatoms. The molecule has 6 nitrogen and oxygen atoms in total. The number of nitrogens with one attached hydrogen (secondary N) is 1. The highest BCUT2D eigenvalue weighted by atomic mass is 32.2. The Bertz CT molecular complexity index is 1180. The molecule has 1 aromatic carbocycles. The predicted molar refractivity (Wildman–Crippen MR) is 124 cm³/mol. The molecule has 0 fully saturated rings. The summed E-state index contributed by atoms with van der Waals surface area (Å²) in [5.74, 6) is 0.328. The number of anilines is 1. The van der Waals surface area contributed by atoms with Crippen molar-refractivity contribution in [2.45, 2.75) is 17.3 Å². The monoisotopic (exact) mass is 472 g/mol. The second-order valence-corrected chi connectivity index (χ2v) is 10.9. The molecule has 0 aliphatic carbocycles. The van der Waals surface area contributed by atoms with E-state index in [-0.39, 0.29) is 11.8 Å². The van der Waals surface area contributed by atoms with Gasteiger partial charge in [-0.25, -0.2) is 9.97 Å². The maximum Gasteiger partial charge on any atom is 0.267 e. The zero-order chi connectivity index (χ0) is 20.5. The van der Waals surface area contributed by atoms with Crippen molar-refractivity contribution in [3.8, 4) is 0 Å². The number of amides is 2. The van der Waals surface area contributed by atoms with Crippen LogP contribution in [0.5, 0.6) is 0 Å². The lowest BCUT2D eigenvalue weighted by molar-refractivity contribution is -0.129. The van der Waals surface area contributed by atoms with Crippen LogP contribution in [-0.4, -0.2) is 39.0 Å². The van der Waals surface area contributed by atoms with Gasteiger partial charge in [0.1, 0.15) is 0 Å². The summed E-state index contributed by atoms with van der Waals surface area (Å²) in [6, 6.07) is 11.6. The van der Waals surface area contributed by atoms with Gasteiger partial charge in [0.05, 0.1) is 33.1 Å².